The van der Waals surface area contributed by atoms with E-state index < -0.39 is 11.9 Å². The molecule has 166 valence electrons. The van der Waals surface area contributed by atoms with Crippen molar-refractivity contribution in [2.24, 2.45) is 5.92 Å². The number of nitrogens with one attached hydrogen (secondary N) is 1. The smallest absolute Gasteiger partial charge is 0.338 e. The lowest BCUT2D eigenvalue weighted by molar-refractivity contribution is -0.125. The molecular weight excluding hydrogens is 400 g/mol. The van der Waals surface area contributed by atoms with Gasteiger partial charge in [0.25, 0.3) is 17.7 Å². The summed E-state index contributed by atoms with van der Waals surface area (Å²) >= 11 is 0. The second-order valence-electron chi connectivity index (χ2n) is 8.63. The molecule has 3 unspecified atom stereocenters. The van der Waals surface area contributed by atoms with Crippen LogP contribution in [0.25, 0.3) is 0 Å². The van der Waals surface area contributed by atoms with E-state index in [1.165, 1.54) is 29.5 Å². The van der Waals surface area contributed by atoms with Crippen LogP contribution in [0.2, 0.25) is 0 Å². The normalized spacial score (nSPS) is 25.5. The SMILES string of the molecule is CC1CCCCC1NC(=O)COC(=O)c1ccc2c(c1)C(=O)N(CC1CCCO1)C2=O. The molecule has 2 heterocycles. The first-order chi connectivity index (χ1) is 14.9. The maximum Gasteiger partial charge on any atom is 0.338 e. The van der Waals surface area contributed by atoms with Gasteiger partial charge in [-0.05, 0) is 49.8 Å². The molecule has 1 aliphatic carbocycles. The lowest BCUT2D eigenvalue weighted by Crippen LogP contribution is -2.42. The van der Waals surface area contributed by atoms with Crippen molar-refractivity contribution in [3.63, 3.8) is 0 Å². The fraction of sp³-hybridized carbons (Fsp3) is 0.565. The highest BCUT2D eigenvalue weighted by Gasteiger charge is 2.38. The van der Waals surface area contributed by atoms with Gasteiger partial charge in [0, 0.05) is 12.6 Å². The van der Waals surface area contributed by atoms with Crippen LogP contribution in [0.15, 0.2) is 18.2 Å². The van der Waals surface area contributed by atoms with Gasteiger partial charge >= 0.3 is 5.97 Å². The zero-order valence-electron chi connectivity index (χ0n) is 17.7. The summed E-state index contributed by atoms with van der Waals surface area (Å²) in [4.78, 5) is 51.1. The molecule has 1 saturated heterocycles. The van der Waals surface area contributed by atoms with Crippen LogP contribution in [0, 0.1) is 5.92 Å². The van der Waals surface area contributed by atoms with E-state index in [1.54, 1.807) is 0 Å². The summed E-state index contributed by atoms with van der Waals surface area (Å²) in [6, 6.07) is 4.39. The zero-order valence-corrected chi connectivity index (χ0v) is 17.7. The number of imide groups is 1. The molecule has 2 aliphatic heterocycles. The Morgan fingerprint density at radius 1 is 1.10 bits per heavy atom. The van der Waals surface area contributed by atoms with Crippen LogP contribution in [0.3, 0.4) is 0 Å². The predicted molar refractivity (Wildman–Crippen MR) is 111 cm³/mol. The van der Waals surface area contributed by atoms with Crippen molar-refractivity contribution < 1.29 is 28.7 Å². The fourth-order valence-electron chi connectivity index (χ4n) is 4.57. The molecule has 0 spiro atoms. The van der Waals surface area contributed by atoms with Crippen LogP contribution >= 0.6 is 0 Å². The number of hydrogen-bond acceptors (Lipinski definition) is 6. The monoisotopic (exact) mass is 428 g/mol. The second kappa shape index (κ2) is 9.18. The largest absolute Gasteiger partial charge is 0.452 e. The number of esters is 1. The molecule has 8 nitrogen and oxygen atoms in total. The van der Waals surface area contributed by atoms with Crippen molar-refractivity contribution in [1.82, 2.24) is 10.2 Å². The Hall–Kier alpha value is -2.74. The quantitative estimate of drug-likeness (QED) is 0.551. The van der Waals surface area contributed by atoms with Crippen molar-refractivity contribution in [2.75, 3.05) is 19.8 Å². The molecule has 8 heteroatoms. The van der Waals surface area contributed by atoms with Crippen molar-refractivity contribution in [2.45, 2.75) is 57.6 Å². The van der Waals surface area contributed by atoms with E-state index in [-0.39, 0.29) is 53.8 Å². The van der Waals surface area contributed by atoms with E-state index >= 15 is 0 Å². The van der Waals surface area contributed by atoms with Gasteiger partial charge in [0.05, 0.1) is 29.3 Å². The van der Waals surface area contributed by atoms with Gasteiger partial charge in [-0.3, -0.25) is 19.3 Å². The summed E-state index contributed by atoms with van der Waals surface area (Å²) in [7, 11) is 0. The molecule has 1 aromatic rings. The second-order valence-corrected chi connectivity index (χ2v) is 8.63. The van der Waals surface area contributed by atoms with Crippen LogP contribution in [-0.4, -0.2) is 60.5 Å². The van der Waals surface area contributed by atoms with Crippen molar-refractivity contribution >= 4 is 23.7 Å². The highest BCUT2D eigenvalue weighted by atomic mass is 16.5. The molecule has 3 atom stereocenters. The lowest BCUT2D eigenvalue weighted by Gasteiger charge is -2.29. The number of carbonyl (C=O) groups is 4. The summed E-state index contributed by atoms with van der Waals surface area (Å²) in [5, 5.41) is 2.94. The van der Waals surface area contributed by atoms with Gasteiger partial charge in [0.1, 0.15) is 0 Å². The molecule has 1 saturated carbocycles. The molecule has 3 amide bonds. The Balaban J connectivity index is 1.35. The van der Waals surface area contributed by atoms with Gasteiger partial charge in [-0.2, -0.15) is 0 Å². The van der Waals surface area contributed by atoms with Crippen molar-refractivity contribution in [3.8, 4) is 0 Å². The third kappa shape index (κ3) is 4.63. The molecule has 1 N–H and O–H groups in total. The van der Waals surface area contributed by atoms with Crippen molar-refractivity contribution in [1.29, 1.82) is 0 Å². The average Bonchev–Trinajstić information content (AvgIpc) is 3.36. The van der Waals surface area contributed by atoms with E-state index in [4.69, 9.17) is 9.47 Å². The van der Waals surface area contributed by atoms with E-state index in [0.717, 1.165) is 32.1 Å². The molecule has 2 fully saturated rings. The standard InChI is InChI=1S/C23H28N2O6/c1-14-5-2-3-7-19(14)24-20(26)13-31-23(29)15-8-9-17-18(11-15)22(28)25(21(17)27)12-16-6-4-10-30-16/h8-9,11,14,16,19H,2-7,10,12-13H2,1H3,(H,24,26). The number of benzene rings is 1. The fourth-order valence-corrected chi connectivity index (χ4v) is 4.57. The minimum atomic E-state index is -0.701. The van der Waals surface area contributed by atoms with Gasteiger partial charge < -0.3 is 14.8 Å². The highest BCUT2D eigenvalue weighted by molar-refractivity contribution is 6.22. The van der Waals surface area contributed by atoms with Crippen molar-refractivity contribution in [3.05, 3.63) is 34.9 Å². The minimum absolute atomic E-state index is 0.110. The first-order valence-electron chi connectivity index (χ1n) is 11.0. The van der Waals surface area contributed by atoms with Crippen LogP contribution in [0.4, 0.5) is 0 Å². The van der Waals surface area contributed by atoms with Crippen LogP contribution in [0.5, 0.6) is 0 Å². The maximum atomic E-state index is 12.7. The Bertz CT molecular complexity index is 892. The van der Waals surface area contributed by atoms with E-state index in [1.807, 2.05) is 0 Å². The Morgan fingerprint density at radius 2 is 1.87 bits per heavy atom. The summed E-state index contributed by atoms with van der Waals surface area (Å²) < 4.78 is 10.7. The number of carbonyl (C=O) groups excluding carboxylic acids is 4. The zero-order chi connectivity index (χ0) is 22.0. The van der Waals surface area contributed by atoms with Gasteiger partial charge in [-0.15, -0.1) is 0 Å². The average molecular weight is 428 g/mol. The maximum absolute atomic E-state index is 12.7. The molecule has 0 bridgehead atoms. The highest BCUT2D eigenvalue weighted by Crippen LogP contribution is 2.26. The Labute approximate surface area is 181 Å². The number of amides is 3. The summed E-state index contributed by atoms with van der Waals surface area (Å²) in [5.74, 6) is -1.44. The van der Waals surface area contributed by atoms with E-state index in [2.05, 4.69) is 12.2 Å². The first kappa shape index (κ1) is 21.5. The first-order valence-corrected chi connectivity index (χ1v) is 11.0. The molecular formula is C23H28N2O6. The van der Waals surface area contributed by atoms with Crippen LogP contribution < -0.4 is 5.32 Å². The number of fused-ring (bicyclic) bond motifs is 1. The Morgan fingerprint density at radius 3 is 2.61 bits per heavy atom. The van der Waals surface area contributed by atoms with Gasteiger partial charge in [-0.25, -0.2) is 4.79 Å². The van der Waals surface area contributed by atoms with Gasteiger partial charge in [-0.1, -0.05) is 19.8 Å². The summed E-state index contributed by atoms with van der Waals surface area (Å²) in [6.07, 6.45) is 5.86. The molecule has 0 aromatic heterocycles. The van der Waals surface area contributed by atoms with Crippen LogP contribution in [-0.2, 0) is 14.3 Å². The predicted octanol–water partition coefficient (Wildman–Crippen LogP) is 2.31. The van der Waals surface area contributed by atoms with E-state index in [0.29, 0.717) is 12.5 Å². The Kier molecular flexibility index (Phi) is 6.36. The third-order valence-corrected chi connectivity index (χ3v) is 6.41. The summed E-state index contributed by atoms with van der Waals surface area (Å²) in [5.41, 5.74) is 0.583. The molecule has 3 aliphatic rings. The number of rotatable bonds is 6. The third-order valence-electron chi connectivity index (χ3n) is 6.41. The molecule has 4 rings (SSSR count). The lowest BCUT2D eigenvalue weighted by atomic mass is 9.86. The van der Waals surface area contributed by atoms with Crippen LogP contribution in [0.1, 0.15) is 76.5 Å². The molecule has 1 aromatic carbocycles. The van der Waals surface area contributed by atoms with E-state index in [9.17, 15) is 19.2 Å². The number of nitrogens with zero attached hydrogens (tertiary/aromatic N) is 1. The van der Waals surface area contributed by atoms with Gasteiger partial charge in [0.15, 0.2) is 6.61 Å². The molecule has 31 heavy (non-hydrogen) atoms. The number of ether oxygens (including phenoxy) is 2. The summed E-state index contributed by atoms with van der Waals surface area (Å²) in [6.45, 7) is 2.58. The topological polar surface area (TPSA) is 102 Å². The van der Waals surface area contributed by atoms with Gasteiger partial charge in [0.2, 0.25) is 0 Å². The molecule has 0 radical (unpaired) electrons. The minimum Gasteiger partial charge on any atom is -0.452 e. The number of hydrogen-bond donors (Lipinski definition) is 1.